The minimum absolute atomic E-state index is 0.214. The molecule has 2 aromatic heterocycles. The molecule has 0 atom stereocenters. The van der Waals surface area contributed by atoms with E-state index in [1.54, 1.807) is 35.4 Å². The van der Waals surface area contributed by atoms with Crippen LogP contribution in [0.4, 0.5) is 0 Å². The van der Waals surface area contributed by atoms with E-state index in [9.17, 15) is 10.1 Å². The number of rotatable bonds is 4. The van der Waals surface area contributed by atoms with Gasteiger partial charge in [0.05, 0.1) is 11.6 Å². The number of ketones is 1. The highest BCUT2D eigenvalue weighted by Crippen LogP contribution is 2.25. The van der Waals surface area contributed by atoms with Gasteiger partial charge in [-0.1, -0.05) is 30.3 Å². The van der Waals surface area contributed by atoms with Crippen LogP contribution in [0.3, 0.4) is 0 Å². The van der Waals surface area contributed by atoms with Gasteiger partial charge >= 0.3 is 0 Å². The number of pyridine rings is 1. The Kier molecular flexibility index (Phi) is 4.53. The summed E-state index contributed by atoms with van der Waals surface area (Å²) in [5.74, 6) is -0.214. The molecular weight excluding hydrogens is 348 g/mol. The Balaban J connectivity index is 1.68. The fourth-order valence-corrected chi connectivity index (χ4v) is 3.04. The average Bonchev–Trinajstić information content (AvgIpc) is 3.23. The van der Waals surface area contributed by atoms with E-state index in [0.29, 0.717) is 17.0 Å². The van der Waals surface area contributed by atoms with Crippen molar-refractivity contribution in [1.29, 1.82) is 5.26 Å². The molecule has 0 amide bonds. The van der Waals surface area contributed by atoms with Crippen molar-refractivity contribution in [3.63, 3.8) is 0 Å². The number of aromatic nitrogens is 3. The molecule has 0 aliphatic rings. The maximum absolute atomic E-state index is 12.6. The van der Waals surface area contributed by atoms with Crippen LogP contribution in [0, 0.1) is 18.3 Å². The van der Waals surface area contributed by atoms with E-state index in [0.717, 1.165) is 22.4 Å². The van der Waals surface area contributed by atoms with Crippen molar-refractivity contribution in [3.05, 3.63) is 102 Å². The second-order valence-corrected chi connectivity index (χ2v) is 6.42. The number of benzene rings is 2. The molecule has 0 bridgehead atoms. The van der Waals surface area contributed by atoms with Crippen molar-refractivity contribution in [2.45, 2.75) is 6.92 Å². The van der Waals surface area contributed by atoms with E-state index >= 15 is 0 Å². The molecule has 0 aliphatic carbocycles. The first-order chi connectivity index (χ1) is 13.7. The van der Waals surface area contributed by atoms with Crippen LogP contribution in [0.5, 0.6) is 0 Å². The molecule has 134 valence electrons. The summed E-state index contributed by atoms with van der Waals surface area (Å²) in [4.78, 5) is 21.0. The first-order valence-corrected chi connectivity index (χ1v) is 8.77. The van der Waals surface area contributed by atoms with Crippen LogP contribution in [0.1, 0.15) is 27.3 Å². The molecule has 0 fully saturated rings. The number of hydrogen-bond acceptors (Lipinski definition) is 4. The lowest BCUT2D eigenvalue weighted by Crippen LogP contribution is -2.04. The van der Waals surface area contributed by atoms with Gasteiger partial charge in [0.15, 0.2) is 0 Å². The summed E-state index contributed by atoms with van der Waals surface area (Å²) >= 11 is 0. The van der Waals surface area contributed by atoms with E-state index < -0.39 is 0 Å². The molecule has 0 saturated carbocycles. The molecule has 0 spiro atoms. The van der Waals surface area contributed by atoms with Crippen LogP contribution >= 0.6 is 0 Å². The number of carbonyl (C=O) groups is 1. The normalized spacial score (nSPS) is 10.4. The van der Waals surface area contributed by atoms with Gasteiger partial charge in [0.2, 0.25) is 5.78 Å². The van der Waals surface area contributed by atoms with Crippen molar-refractivity contribution in [3.8, 4) is 22.9 Å². The zero-order valence-corrected chi connectivity index (χ0v) is 15.2. The maximum atomic E-state index is 12.6. The zero-order valence-electron chi connectivity index (χ0n) is 15.2. The standard InChI is InChI=1S/C23H16N4O/c1-16-9-10-25-21(11-16)23(28)22-14-27(15-26-22)19-7-4-6-17(12-19)20-8-3-2-5-18(20)13-24/h2-12,14-15H,1H3. The summed E-state index contributed by atoms with van der Waals surface area (Å²) in [5, 5.41) is 9.35. The van der Waals surface area contributed by atoms with Gasteiger partial charge in [0.25, 0.3) is 0 Å². The van der Waals surface area contributed by atoms with Gasteiger partial charge in [-0.25, -0.2) is 4.98 Å². The molecule has 0 aliphatic heterocycles. The van der Waals surface area contributed by atoms with Crippen molar-refractivity contribution in [2.24, 2.45) is 0 Å². The van der Waals surface area contributed by atoms with Crippen molar-refractivity contribution >= 4 is 5.78 Å². The van der Waals surface area contributed by atoms with Gasteiger partial charge in [-0.3, -0.25) is 9.78 Å². The summed E-state index contributed by atoms with van der Waals surface area (Å²) in [5.41, 5.74) is 4.95. The van der Waals surface area contributed by atoms with Crippen LogP contribution in [-0.2, 0) is 0 Å². The average molecular weight is 364 g/mol. The minimum Gasteiger partial charge on any atom is -0.306 e. The topological polar surface area (TPSA) is 71.6 Å². The third-order valence-corrected chi connectivity index (χ3v) is 4.47. The number of hydrogen-bond donors (Lipinski definition) is 0. The Bertz CT molecular complexity index is 1220. The van der Waals surface area contributed by atoms with E-state index in [4.69, 9.17) is 0 Å². The number of nitriles is 1. The molecule has 2 aromatic carbocycles. The van der Waals surface area contributed by atoms with Crippen molar-refractivity contribution < 1.29 is 4.79 Å². The van der Waals surface area contributed by atoms with E-state index in [1.807, 2.05) is 55.5 Å². The van der Waals surface area contributed by atoms with E-state index in [1.165, 1.54) is 0 Å². The first kappa shape index (κ1) is 17.4. The number of carbonyl (C=O) groups excluding carboxylic acids is 1. The zero-order chi connectivity index (χ0) is 19.5. The lowest BCUT2D eigenvalue weighted by Gasteiger charge is -2.07. The van der Waals surface area contributed by atoms with Crippen LogP contribution < -0.4 is 0 Å². The second-order valence-electron chi connectivity index (χ2n) is 6.42. The molecule has 5 nitrogen and oxygen atoms in total. The quantitative estimate of drug-likeness (QED) is 0.505. The fraction of sp³-hybridized carbons (Fsp3) is 0.0435. The van der Waals surface area contributed by atoms with Gasteiger partial charge in [0.1, 0.15) is 17.7 Å². The molecule has 2 heterocycles. The molecule has 0 N–H and O–H groups in total. The Morgan fingerprint density at radius 1 is 1.00 bits per heavy atom. The predicted molar refractivity (Wildman–Crippen MR) is 106 cm³/mol. The SMILES string of the molecule is Cc1ccnc(C(=O)c2cn(-c3cccc(-c4ccccc4C#N)c3)cn2)c1. The molecule has 4 rings (SSSR count). The van der Waals surface area contributed by atoms with Crippen LogP contribution in [0.2, 0.25) is 0 Å². The Hall–Kier alpha value is -4.04. The van der Waals surface area contributed by atoms with E-state index in [-0.39, 0.29) is 5.78 Å². The summed E-state index contributed by atoms with van der Waals surface area (Å²) < 4.78 is 1.79. The highest BCUT2D eigenvalue weighted by molar-refractivity contribution is 6.06. The van der Waals surface area contributed by atoms with Crippen molar-refractivity contribution in [1.82, 2.24) is 14.5 Å². The lowest BCUT2D eigenvalue weighted by atomic mass is 10.00. The molecular formula is C23H16N4O. The summed E-state index contributed by atoms with van der Waals surface area (Å²) in [6, 6.07) is 21.1. The van der Waals surface area contributed by atoms with Gasteiger partial charge < -0.3 is 4.57 Å². The Morgan fingerprint density at radius 2 is 1.86 bits per heavy atom. The monoisotopic (exact) mass is 364 g/mol. The Labute approximate surface area is 162 Å². The molecule has 0 radical (unpaired) electrons. The molecule has 0 saturated heterocycles. The predicted octanol–water partition coefficient (Wildman–Crippen LogP) is 4.35. The van der Waals surface area contributed by atoms with Crippen LogP contribution in [0.15, 0.2) is 79.4 Å². The summed E-state index contributed by atoms with van der Waals surface area (Å²) in [7, 11) is 0. The molecule has 5 heteroatoms. The minimum atomic E-state index is -0.214. The summed E-state index contributed by atoms with van der Waals surface area (Å²) in [6.07, 6.45) is 4.93. The number of aryl methyl sites for hydroxylation is 1. The molecule has 28 heavy (non-hydrogen) atoms. The lowest BCUT2D eigenvalue weighted by molar-refractivity contribution is 0.103. The summed E-state index contributed by atoms with van der Waals surface area (Å²) in [6.45, 7) is 1.92. The number of nitrogens with zero attached hydrogens (tertiary/aromatic N) is 4. The molecule has 4 aromatic rings. The van der Waals surface area contributed by atoms with Crippen LogP contribution in [-0.4, -0.2) is 20.3 Å². The number of imidazole rings is 1. The molecule has 0 unspecified atom stereocenters. The third kappa shape index (κ3) is 3.31. The Morgan fingerprint density at radius 3 is 2.68 bits per heavy atom. The maximum Gasteiger partial charge on any atom is 0.231 e. The highest BCUT2D eigenvalue weighted by atomic mass is 16.1. The third-order valence-electron chi connectivity index (χ3n) is 4.47. The van der Waals surface area contributed by atoms with Gasteiger partial charge in [-0.2, -0.15) is 5.26 Å². The largest absolute Gasteiger partial charge is 0.306 e. The van der Waals surface area contributed by atoms with Crippen molar-refractivity contribution in [2.75, 3.05) is 0 Å². The van der Waals surface area contributed by atoms with Gasteiger partial charge in [-0.15, -0.1) is 0 Å². The second kappa shape index (κ2) is 7.29. The van der Waals surface area contributed by atoms with Gasteiger partial charge in [-0.05, 0) is 53.9 Å². The van der Waals surface area contributed by atoms with E-state index in [2.05, 4.69) is 16.0 Å². The fourth-order valence-electron chi connectivity index (χ4n) is 3.04. The first-order valence-electron chi connectivity index (χ1n) is 8.77. The smallest absolute Gasteiger partial charge is 0.231 e. The van der Waals surface area contributed by atoms with Gasteiger partial charge in [0, 0.05) is 18.1 Å². The highest BCUT2D eigenvalue weighted by Gasteiger charge is 2.14. The van der Waals surface area contributed by atoms with Crippen LogP contribution in [0.25, 0.3) is 16.8 Å².